The minimum atomic E-state index is 0.0464. The molecule has 144 valence electrons. The third kappa shape index (κ3) is 3.40. The second kappa shape index (κ2) is 7.50. The van der Waals surface area contributed by atoms with Gasteiger partial charge in [-0.1, -0.05) is 30.3 Å². The lowest BCUT2D eigenvalue weighted by atomic mass is 10.1. The molecular weight excluding hydrogens is 348 g/mol. The van der Waals surface area contributed by atoms with E-state index < -0.39 is 0 Å². The zero-order valence-corrected chi connectivity index (χ0v) is 16.7. The molecule has 1 aliphatic rings. The number of carbonyl (C=O) groups is 1. The van der Waals surface area contributed by atoms with Crippen LogP contribution in [0.25, 0.3) is 5.69 Å². The van der Waals surface area contributed by atoms with Gasteiger partial charge in [0, 0.05) is 31.9 Å². The van der Waals surface area contributed by atoms with Crippen molar-refractivity contribution in [1.82, 2.24) is 14.7 Å². The van der Waals surface area contributed by atoms with Crippen molar-refractivity contribution in [2.45, 2.75) is 20.8 Å². The molecule has 2 aromatic carbocycles. The van der Waals surface area contributed by atoms with Crippen LogP contribution in [0.1, 0.15) is 27.3 Å². The summed E-state index contributed by atoms with van der Waals surface area (Å²) in [6.45, 7) is 9.35. The van der Waals surface area contributed by atoms with Gasteiger partial charge in [-0.3, -0.25) is 4.79 Å². The highest BCUT2D eigenvalue weighted by Crippen LogP contribution is 2.24. The zero-order valence-electron chi connectivity index (χ0n) is 16.7. The Morgan fingerprint density at radius 2 is 1.61 bits per heavy atom. The fourth-order valence-electron chi connectivity index (χ4n) is 3.81. The fourth-order valence-corrected chi connectivity index (χ4v) is 3.81. The molecule has 0 atom stereocenters. The summed E-state index contributed by atoms with van der Waals surface area (Å²) in [5.74, 6) is 0.0464. The van der Waals surface area contributed by atoms with Crippen molar-refractivity contribution in [2.75, 3.05) is 31.1 Å². The molecule has 0 aliphatic carbocycles. The third-order valence-electron chi connectivity index (χ3n) is 5.54. The van der Waals surface area contributed by atoms with E-state index in [1.807, 2.05) is 48.2 Å². The molecule has 1 fully saturated rings. The first-order valence-electron chi connectivity index (χ1n) is 9.77. The topological polar surface area (TPSA) is 41.4 Å². The molecule has 5 nitrogen and oxygen atoms in total. The summed E-state index contributed by atoms with van der Waals surface area (Å²) in [5, 5.41) is 4.54. The number of amides is 1. The van der Waals surface area contributed by atoms with Crippen molar-refractivity contribution < 1.29 is 4.79 Å². The zero-order chi connectivity index (χ0) is 19.7. The average molecular weight is 374 g/mol. The van der Waals surface area contributed by atoms with Crippen LogP contribution in [0.3, 0.4) is 0 Å². The molecule has 0 bridgehead atoms. The van der Waals surface area contributed by atoms with Gasteiger partial charge < -0.3 is 9.80 Å². The van der Waals surface area contributed by atoms with E-state index in [1.54, 1.807) is 4.68 Å². The summed E-state index contributed by atoms with van der Waals surface area (Å²) < 4.78 is 1.76. The van der Waals surface area contributed by atoms with Crippen LogP contribution in [0, 0.1) is 20.8 Å². The number of nitrogens with zero attached hydrogens (tertiary/aromatic N) is 4. The summed E-state index contributed by atoms with van der Waals surface area (Å²) in [4.78, 5) is 17.5. The SMILES string of the molecule is Cc1cc(C(=O)N2CCN(c3cccc(C)c3C)CC2)n(-c2ccccc2)n1. The van der Waals surface area contributed by atoms with Crippen molar-refractivity contribution in [3.63, 3.8) is 0 Å². The van der Waals surface area contributed by atoms with Gasteiger partial charge in [-0.25, -0.2) is 4.68 Å². The Hall–Kier alpha value is -3.08. The van der Waals surface area contributed by atoms with Crippen molar-refractivity contribution in [3.8, 4) is 5.69 Å². The normalized spacial score (nSPS) is 14.4. The van der Waals surface area contributed by atoms with Crippen LogP contribution in [0.4, 0.5) is 5.69 Å². The minimum absolute atomic E-state index is 0.0464. The van der Waals surface area contributed by atoms with Gasteiger partial charge in [0.05, 0.1) is 11.4 Å². The third-order valence-corrected chi connectivity index (χ3v) is 5.54. The highest BCUT2D eigenvalue weighted by molar-refractivity contribution is 5.93. The van der Waals surface area contributed by atoms with Crippen molar-refractivity contribution >= 4 is 11.6 Å². The number of rotatable bonds is 3. The quantitative estimate of drug-likeness (QED) is 0.701. The first-order valence-corrected chi connectivity index (χ1v) is 9.77. The number of para-hydroxylation sites is 1. The summed E-state index contributed by atoms with van der Waals surface area (Å²) in [7, 11) is 0. The Morgan fingerprint density at radius 3 is 2.32 bits per heavy atom. The molecule has 1 aromatic heterocycles. The van der Waals surface area contributed by atoms with E-state index in [9.17, 15) is 4.79 Å². The van der Waals surface area contributed by atoms with Gasteiger partial charge in [0.15, 0.2) is 0 Å². The molecule has 0 spiro atoms. The summed E-state index contributed by atoms with van der Waals surface area (Å²) >= 11 is 0. The summed E-state index contributed by atoms with van der Waals surface area (Å²) in [5.41, 5.74) is 6.29. The highest BCUT2D eigenvalue weighted by Gasteiger charge is 2.26. The van der Waals surface area contributed by atoms with Crippen LogP contribution in [0.15, 0.2) is 54.6 Å². The maximum atomic E-state index is 13.2. The molecule has 0 radical (unpaired) electrons. The molecule has 28 heavy (non-hydrogen) atoms. The molecule has 1 aliphatic heterocycles. The maximum absolute atomic E-state index is 13.2. The lowest BCUT2D eigenvalue weighted by molar-refractivity contribution is 0.0737. The first-order chi connectivity index (χ1) is 13.5. The molecule has 3 aromatic rings. The number of aromatic nitrogens is 2. The Balaban J connectivity index is 1.52. The molecule has 0 saturated carbocycles. The Kier molecular flexibility index (Phi) is 4.90. The van der Waals surface area contributed by atoms with E-state index in [-0.39, 0.29) is 5.91 Å². The van der Waals surface area contributed by atoms with Gasteiger partial charge in [-0.05, 0) is 56.2 Å². The number of hydrogen-bond acceptors (Lipinski definition) is 3. The molecular formula is C23H26N4O. The lowest BCUT2D eigenvalue weighted by Gasteiger charge is -2.37. The van der Waals surface area contributed by atoms with Crippen LogP contribution < -0.4 is 4.90 Å². The minimum Gasteiger partial charge on any atom is -0.368 e. The molecule has 4 rings (SSSR count). The van der Waals surface area contributed by atoms with Crippen LogP contribution in [0.2, 0.25) is 0 Å². The molecule has 2 heterocycles. The predicted molar refractivity (Wildman–Crippen MR) is 112 cm³/mol. The molecule has 1 saturated heterocycles. The second-order valence-corrected chi connectivity index (χ2v) is 7.42. The smallest absolute Gasteiger partial charge is 0.272 e. The van der Waals surface area contributed by atoms with Crippen LogP contribution in [0.5, 0.6) is 0 Å². The summed E-state index contributed by atoms with van der Waals surface area (Å²) in [6, 6.07) is 18.1. The molecule has 0 unspecified atom stereocenters. The van der Waals surface area contributed by atoms with Crippen LogP contribution in [-0.2, 0) is 0 Å². The van der Waals surface area contributed by atoms with Crippen molar-refractivity contribution in [2.24, 2.45) is 0 Å². The maximum Gasteiger partial charge on any atom is 0.272 e. The predicted octanol–water partition coefficient (Wildman–Crippen LogP) is 3.76. The second-order valence-electron chi connectivity index (χ2n) is 7.42. The van der Waals surface area contributed by atoms with Gasteiger partial charge >= 0.3 is 0 Å². The monoisotopic (exact) mass is 374 g/mol. The number of piperazine rings is 1. The largest absolute Gasteiger partial charge is 0.368 e. The average Bonchev–Trinajstić information content (AvgIpc) is 3.12. The number of hydrogen-bond donors (Lipinski definition) is 0. The van der Waals surface area contributed by atoms with E-state index in [4.69, 9.17) is 0 Å². The Bertz CT molecular complexity index is 985. The lowest BCUT2D eigenvalue weighted by Crippen LogP contribution is -2.49. The molecule has 0 N–H and O–H groups in total. The number of benzene rings is 2. The van der Waals surface area contributed by atoms with Gasteiger partial charge in [0.25, 0.3) is 5.91 Å². The number of anilines is 1. The van der Waals surface area contributed by atoms with E-state index in [1.165, 1.54) is 16.8 Å². The molecule has 1 amide bonds. The fraction of sp³-hybridized carbons (Fsp3) is 0.304. The number of aryl methyl sites for hydroxylation is 2. The van der Waals surface area contributed by atoms with E-state index >= 15 is 0 Å². The van der Waals surface area contributed by atoms with E-state index in [0.29, 0.717) is 18.8 Å². The molecule has 5 heteroatoms. The Labute approximate surface area is 166 Å². The van der Waals surface area contributed by atoms with Crippen molar-refractivity contribution in [1.29, 1.82) is 0 Å². The summed E-state index contributed by atoms with van der Waals surface area (Å²) in [6.07, 6.45) is 0. The van der Waals surface area contributed by atoms with Crippen LogP contribution in [-0.4, -0.2) is 46.8 Å². The van der Waals surface area contributed by atoms with Gasteiger partial charge in [0.1, 0.15) is 5.69 Å². The van der Waals surface area contributed by atoms with Gasteiger partial charge in [0.2, 0.25) is 0 Å². The first kappa shape index (κ1) is 18.3. The van der Waals surface area contributed by atoms with E-state index in [2.05, 4.69) is 42.0 Å². The Morgan fingerprint density at radius 1 is 0.893 bits per heavy atom. The number of carbonyl (C=O) groups excluding carboxylic acids is 1. The van der Waals surface area contributed by atoms with E-state index in [0.717, 1.165) is 24.5 Å². The van der Waals surface area contributed by atoms with Crippen molar-refractivity contribution in [3.05, 3.63) is 77.1 Å². The van der Waals surface area contributed by atoms with Crippen LogP contribution >= 0.6 is 0 Å². The van der Waals surface area contributed by atoms with Gasteiger partial charge in [-0.15, -0.1) is 0 Å². The highest BCUT2D eigenvalue weighted by atomic mass is 16.2. The standard InChI is InChI=1S/C23H26N4O/c1-17-8-7-11-21(19(17)3)25-12-14-26(15-13-25)23(28)22-16-18(2)24-27(22)20-9-5-4-6-10-20/h4-11,16H,12-15H2,1-3H3. The van der Waals surface area contributed by atoms with Gasteiger partial charge in [-0.2, -0.15) is 5.10 Å².